The zero-order valence-corrected chi connectivity index (χ0v) is 18.9. The number of fused-ring (bicyclic) bond motifs is 1. The van der Waals surface area contributed by atoms with Crippen LogP contribution in [-0.2, 0) is 11.3 Å². The number of amides is 2. The molecular formula is C22H23ClF3N3O2S. The van der Waals surface area contributed by atoms with Crippen molar-refractivity contribution in [2.24, 2.45) is 5.73 Å². The summed E-state index contributed by atoms with van der Waals surface area (Å²) in [5.41, 5.74) is 7.81. The number of carbonyl (C=O) groups is 2. The number of benzene rings is 2. The maximum Gasteiger partial charge on any atom is 0.389 e. The van der Waals surface area contributed by atoms with Crippen LogP contribution in [-0.4, -0.2) is 35.8 Å². The van der Waals surface area contributed by atoms with Crippen LogP contribution in [0.1, 0.15) is 35.7 Å². The molecule has 0 saturated heterocycles. The van der Waals surface area contributed by atoms with Crippen LogP contribution in [0.2, 0.25) is 5.02 Å². The smallest absolute Gasteiger partial charge is 0.352 e. The molecule has 0 unspecified atom stereocenters. The molecule has 5 nitrogen and oxygen atoms in total. The number of nitrogens with one attached hydrogen (secondary N) is 1. The number of thioether (sulfide) groups is 1. The molecule has 1 aliphatic rings. The second-order valence-corrected chi connectivity index (χ2v) is 9.41. The van der Waals surface area contributed by atoms with Crippen molar-refractivity contribution >= 4 is 40.9 Å². The Morgan fingerprint density at radius 2 is 1.91 bits per heavy atom. The van der Waals surface area contributed by atoms with Gasteiger partial charge < -0.3 is 16.0 Å². The molecule has 10 heteroatoms. The lowest BCUT2D eigenvalue weighted by Gasteiger charge is -2.25. The number of hydrogen-bond donors (Lipinski definition) is 2. The third kappa shape index (κ3) is 6.17. The first-order chi connectivity index (χ1) is 15.0. The Hall–Kier alpha value is -2.23. The fourth-order valence-corrected chi connectivity index (χ4v) is 4.50. The topological polar surface area (TPSA) is 75.4 Å². The van der Waals surface area contributed by atoms with E-state index in [9.17, 15) is 22.8 Å². The first-order valence-electron chi connectivity index (χ1n) is 10.0. The summed E-state index contributed by atoms with van der Waals surface area (Å²) in [6.07, 6.45) is -5.43. The predicted octanol–water partition coefficient (Wildman–Crippen LogP) is 4.77. The normalized spacial score (nSPS) is 18.8. The molecule has 0 radical (unpaired) electrons. The number of halogens is 4. The molecule has 0 spiro atoms. The van der Waals surface area contributed by atoms with Crippen LogP contribution in [0.25, 0.3) is 0 Å². The molecule has 0 fully saturated rings. The Balaban J connectivity index is 1.85. The fraction of sp³-hybridized carbons (Fsp3) is 0.364. The van der Waals surface area contributed by atoms with Gasteiger partial charge in [0.05, 0.1) is 18.3 Å². The molecule has 1 aliphatic heterocycles. The molecule has 172 valence electrons. The SMILES string of the molecule is C[C@H]1Sc2ccc(C(=O)NCCCC(F)(F)F)cc2N(Cc2ccc(Cl)cc2)C(=O)[C@H]1N. The van der Waals surface area contributed by atoms with Gasteiger partial charge in [0.2, 0.25) is 5.91 Å². The van der Waals surface area contributed by atoms with Crippen molar-refractivity contribution in [3.63, 3.8) is 0 Å². The van der Waals surface area contributed by atoms with Gasteiger partial charge in [-0.2, -0.15) is 13.2 Å². The lowest BCUT2D eigenvalue weighted by atomic mass is 10.1. The Morgan fingerprint density at radius 1 is 1.22 bits per heavy atom. The summed E-state index contributed by atoms with van der Waals surface area (Å²) < 4.78 is 36.9. The summed E-state index contributed by atoms with van der Waals surface area (Å²) in [5, 5.41) is 2.89. The van der Waals surface area contributed by atoms with Gasteiger partial charge in [-0.25, -0.2) is 0 Å². The van der Waals surface area contributed by atoms with E-state index in [1.54, 1.807) is 47.4 Å². The number of alkyl halides is 3. The van der Waals surface area contributed by atoms with Crippen LogP contribution < -0.4 is 16.0 Å². The van der Waals surface area contributed by atoms with Gasteiger partial charge in [0.15, 0.2) is 0 Å². The van der Waals surface area contributed by atoms with Crippen LogP contribution in [0.5, 0.6) is 0 Å². The predicted molar refractivity (Wildman–Crippen MR) is 120 cm³/mol. The Labute approximate surface area is 193 Å². The lowest BCUT2D eigenvalue weighted by molar-refractivity contribution is -0.135. The van der Waals surface area contributed by atoms with Gasteiger partial charge in [-0.1, -0.05) is 30.7 Å². The van der Waals surface area contributed by atoms with Crippen molar-refractivity contribution in [2.75, 3.05) is 11.4 Å². The fourth-order valence-electron chi connectivity index (χ4n) is 3.27. The first kappa shape index (κ1) is 24.4. The Morgan fingerprint density at radius 3 is 2.56 bits per heavy atom. The van der Waals surface area contributed by atoms with E-state index in [0.29, 0.717) is 10.7 Å². The number of nitrogens with zero attached hydrogens (tertiary/aromatic N) is 1. The molecule has 0 saturated carbocycles. The molecule has 2 aromatic carbocycles. The van der Waals surface area contributed by atoms with Gasteiger partial charge in [-0.3, -0.25) is 9.59 Å². The number of hydrogen-bond acceptors (Lipinski definition) is 4. The minimum absolute atomic E-state index is 0.0977. The van der Waals surface area contributed by atoms with E-state index in [-0.39, 0.29) is 36.2 Å². The molecule has 3 rings (SSSR count). The van der Waals surface area contributed by atoms with Crippen molar-refractivity contribution in [1.82, 2.24) is 5.32 Å². The minimum Gasteiger partial charge on any atom is -0.352 e. The van der Waals surface area contributed by atoms with Gasteiger partial charge in [-0.05, 0) is 42.3 Å². The van der Waals surface area contributed by atoms with Crippen molar-refractivity contribution in [1.29, 1.82) is 0 Å². The maximum absolute atomic E-state index is 13.1. The average molecular weight is 486 g/mol. The van der Waals surface area contributed by atoms with E-state index in [1.807, 2.05) is 6.92 Å². The second kappa shape index (κ2) is 10.1. The Kier molecular flexibility index (Phi) is 7.74. The Bertz CT molecular complexity index is 985. The largest absolute Gasteiger partial charge is 0.389 e. The zero-order chi connectivity index (χ0) is 23.5. The highest BCUT2D eigenvalue weighted by atomic mass is 35.5. The number of carbonyl (C=O) groups excluding carboxylic acids is 2. The highest BCUT2D eigenvalue weighted by molar-refractivity contribution is 8.00. The van der Waals surface area contributed by atoms with Crippen molar-refractivity contribution in [2.45, 2.75) is 48.7 Å². The van der Waals surface area contributed by atoms with E-state index in [2.05, 4.69) is 5.32 Å². The van der Waals surface area contributed by atoms with E-state index < -0.39 is 24.5 Å². The molecular weight excluding hydrogens is 463 g/mol. The summed E-state index contributed by atoms with van der Waals surface area (Å²) in [4.78, 5) is 28.0. The van der Waals surface area contributed by atoms with Crippen LogP contribution >= 0.6 is 23.4 Å². The molecule has 32 heavy (non-hydrogen) atoms. The summed E-state index contributed by atoms with van der Waals surface area (Å²) in [5.74, 6) is -0.776. The zero-order valence-electron chi connectivity index (χ0n) is 17.3. The van der Waals surface area contributed by atoms with E-state index >= 15 is 0 Å². The van der Waals surface area contributed by atoms with Crippen LogP contribution in [0.15, 0.2) is 47.4 Å². The standard InChI is InChI=1S/C22H23ClF3N3O2S/c1-13-19(27)21(31)29(12-14-3-6-16(23)7-4-14)17-11-15(5-8-18(17)32-13)20(30)28-10-2-9-22(24,25)26/h3-8,11,13,19H,2,9-10,12,27H2,1H3,(H,28,30)/t13-,19+/m1/s1. The van der Waals surface area contributed by atoms with Crippen LogP contribution in [0.4, 0.5) is 18.9 Å². The van der Waals surface area contributed by atoms with Crippen molar-refractivity contribution < 1.29 is 22.8 Å². The molecule has 2 aromatic rings. The first-order valence-corrected chi connectivity index (χ1v) is 11.3. The average Bonchev–Trinajstić information content (AvgIpc) is 2.82. The van der Waals surface area contributed by atoms with Gasteiger partial charge >= 0.3 is 6.18 Å². The molecule has 2 atom stereocenters. The molecule has 1 heterocycles. The highest BCUT2D eigenvalue weighted by Gasteiger charge is 2.33. The summed E-state index contributed by atoms with van der Waals surface area (Å²) in [6, 6.07) is 11.2. The molecule has 2 amide bonds. The van der Waals surface area contributed by atoms with Gasteiger partial charge in [0, 0.05) is 33.7 Å². The molecule has 0 bridgehead atoms. The molecule has 0 aliphatic carbocycles. The van der Waals surface area contributed by atoms with Gasteiger partial charge in [0.1, 0.15) is 0 Å². The van der Waals surface area contributed by atoms with E-state index in [0.717, 1.165) is 10.5 Å². The minimum atomic E-state index is -4.26. The lowest BCUT2D eigenvalue weighted by Crippen LogP contribution is -2.47. The summed E-state index contributed by atoms with van der Waals surface area (Å²) in [6.45, 7) is 2.00. The molecule has 0 aromatic heterocycles. The quantitative estimate of drug-likeness (QED) is 0.578. The third-order valence-corrected chi connectivity index (χ3v) is 6.57. The number of rotatable bonds is 6. The summed E-state index contributed by atoms with van der Waals surface area (Å²) in [7, 11) is 0. The third-order valence-electron chi connectivity index (χ3n) is 5.06. The van der Waals surface area contributed by atoms with E-state index in [1.165, 1.54) is 11.8 Å². The van der Waals surface area contributed by atoms with Crippen molar-refractivity contribution in [3.05, 3.63) is 58.6 Å². The number of anilines is 1. The second-order valence-electron chi connectivity index (χ2n) is 7.56. The highest BCUT2D eigenvalue weighted by Crippen LogP contribution is 2.39. The van der Waals surface area contributed by atoms with Crippen LogP contribution in [0.3, 0.4) is 0 Å². The van der Waals surface area contributed by atoms with Crippen molar-refractivity contribution in [3.8, 4) is 0 Å². The number of nitrogens with two attached hydrogens (primary N) is 1. The van der Waals surface area contributed by atoms with Gasteiger partial charge in [0.25, 0.3) is 5.91 Å². The van der Waals surface area contributed by atoms with Crippen LogP contribution in [0, 0.1) is 0 Å². The summed E-state index contributed by atoms with van der Waals surface area (Å²) >= 11 is 7.40. The maximum atomic E-state index is 13.1. The molecule has 3 N–H and O–H groups in total. The monoisotopic (exact) mass is 485 g/mol. The van der Waals surface area contributed by atoms with E-state index in [4.69, 9.17) is 17.3 Å². The van der Waals surface area contributed by atoms with Gasteiger partial charge in [-0.15, -0.1) is 11.8 Å².